The lowest BCUT2D eigenvalue weighted by Crippen LogP contribution is -2.17. The number of nitrogens with one attached hydrogen (secondary N) is 1. The number of aromatic amines is 1. The van der Waals surface area contributed by atoms with Crippen LogP contribution in [-0.2, 0) is 6.54 Å². The normalized spacial score (nSPS) is 11.1. The first-order valence-corrected chi connectivity index (χ1v) is 8.10. The fraction of sp³-hybridized carbons (Fsp3) is 0.267. The van der Waals surface area contributed by atoms with E-state index in [4.69, 9.17) is 5.73 Å². The first-order chi connectivity index (χ1) is 10.7. The standard InChI is InChI=1S/C15H17N5OS/c1-2-8-22-13-11-12(18-14(16)19-13)20(15(21)17-11)9-10-6-4-3-5-7-10/h3-7H,2,8-9H2,1H3,(H,17,21)(H2,16,18,19). The monoisotopic (exact) mass is 315 g/mol. The Hall–Kier alpha value is -2.28. The van der Waals surface area contributed by atoms with Crippen molar-refractivity contribution in [1.29, 1.82) is 0 Å². The average Bonchev–Trinajstić information content (AvgIpc) is 2.82. The summed E-state index contributed by atoms with van der Waals surface area (Å²) >= 11 is 1.58. The van der Waals surface area contributed by atoms with Crippen molar-refractivity contribution in [2.75, 3.05) is 11.5 Å². The van der Waals surface area contributed by atoms with Crippen molar-refractivity contribution < 1.29 is 0 Å². The number of imidazole rings is 1. The van der Waals surface area contributed by atoms with Crippen LogP contribution in [0.2, 0.25) is 0 Å². The molecule has 0 atom stereocenters. The molecule has 0 spiro atoms. The molecule has 0 radical (unpaired) electrons. The van der Waals surface area contributed by atoms with E-state index in [-0.39, 0.29) is 11.6 Å². The smallest absolute Gasteiger partial charge is 0.328 e. The van der Waals surface area contributed by atoms with E-state index in [1.54, 1.807) is 16.3 Å². The van der Waals surface area contributed by atoms with Gasteiger partial charge in [-0.2, -0.15) is 4.98 Å². The summed E-state index contributed by atoms with van der Waals surface area (Å²) in [6.07, 6.45) is 1.02. The minimum absolute atomic E-state index is 0.187. The van der Waals surface area contributed by atoms with Gasteiger partial charge in [0.1, 0.15) is 10.5 Å². The molecule has 2 heterocycles. The molecular formula is C15H17N5OS. The molecule has 0 aliphatic heterocycles. The van der Waals surface area contributed by atoms with Gasteiger partial charge >= 0.3 is 5.69 Å². The van der Waals surface area contributed by atoms with Crippen molar-refractivity contribution in [3.63, 3.8) is 0 Å². The fourth-order valence-electron chi connectivity index (χ4n) is 2.24. The highest BCUT2D eigenvalue weighted by molar-refractivity contribution is 7.99. The van der Waals surface area contributed by atoms with Crippen LogP contribution in [0.3, 0.4) is 0 Å². The van der Waals surface area contributed by atoms with Crippen LogP contribution in [0, 0.1) is 0 Å². The average molecular weight is 315 g/mol. The van der Waals surface area contributed by atoms with Gasteiger partial charge in [-0.05, 0) is 17.7 Å². The Morgan fingerprint density at radius 3 is 2.77 bits per heavy atom. The predicted octanol–water partition coefficient (Wildman–Crippen LogP) is 2.25. The van der Waals surface area contributed by atoms with Gasteiger partial charge < -0.3 is 10.7 Å². The van der Waals surface area contributed by atoms with Crippen LogP contribution in [-0.4, -0.2) is 25.3 Å². The van der Waals surface area contributed by atoms with E-state index < -0.39 is 0 Å². The molecule has 0 aliphatic carbocycles. The van der Waals surface area contributed by atoms with Crippen LogP contribution in [0.15, 0.2) is 40.2 Å². The molecule has 22 heavy (non-hydrogen) atoms. The number of H-pyrrole nitrogens is 1. The van der Waals surface area contributed by atoms with E-state index >= 15 is 0 Å². The van der Waals surface area contributed by atoms with Crippen LogP contribution in [0.4, 0.5) is 5.95 Å². The summed E-state index contributed by atoms with van der Waals surface area (Å²) in [4.78, 5) is 23.6. The number of benzene rings is 1. The number of rotatable bonds is 5. The minimum Gasteiger partial charge on any atom is -0.368 e. The van der Waals surface area contributed by atoms with Crippen LogP contribution >= 0.6 is 11.8 Å². The van der Waals surface area contributed by atoms with Gasteiger partial charge in [0.25, 0.3) is 0 Å². The molecule has 0 aliphatic rings. The first kappa shape index (κ1) is 14.6. The summed E-state index contributed by atoms with van der Waals surface area (Å²) in [6.45, 7) is 2.55. The second-order valence-corrected chi connectivity index (χ2v) is 6.02. The molecule has 6 nitrogen and oxygen atoms in total. The third-order valence-corrected chi connectivity index (χ3v) is 4.41. The quantitative estimate of drug-likeness (QED) is 0.557. The van der Waals surface area contributed by atoms with Crippen molar-refractivity contribution in [3.8, 4) is 0 Å². The highest BCUT2D eigenvalue weighted by atomic mass is 32.2. The largest absolute Gasteiger partial charge is 0.368 e. The number of aromatic nitrogens is 4. The molecule has 114 valence electrons. The Balaban J connectivity index is 2.09. The molecule has 0 bridgehead atoms. The summed E-state index contributed by atoms with van der Waals surface area (Å²) in [5.74, 6) is 1.10. The molecule has 2 aromatic heterocycles. The van der Waals surface area contributed by atoms with E-state index in [1.807, 2.05) is 30.3 Å². The zero-order chi connectivity index (χ0) is 15.5. The van der Waals surface area contributed by atoms with Crippen LogP contribution < -0.4 is 11.4 Å². The van der Waals surface area contributed by atoms with E-state index in [0.717, 1.165) is 22.8 Å². The van der Waals surface area contributed by atoms with Gasteiger partial charge in [-0.1, -0.05) is 37.3 Å². The Bertz CT molecular complexity index is 840. The maximum absolute atomic E-state index is 12.3. The Kier molecular flexibility index (Phi) is 4.15. The highest BCUT2D eigenvalue weighted by Gasteiger charge is 2.15. The van der Waals surface area contributed by atoms with E-state index in [0.29, 0.717) is 17.7 Å². The van der Waals surface area contributed by atoms with Gasteiger partial charge in [-0.15, -0.1) is 11.8 Å². The van der Waals surface area contributed by atoms with Crippen molar-refractivity contribution >= 4 is 28.9 Å². The van der Waals surface area contributed by atoms with Gasteiger partial charge in [0.05, 0.1) is 6.54 Å². The molecule has 0 amide bonds. The first-order valence-electron chi connectivity index (χ1n) is 7.11. The number of nitrogen functional groups attached to an aromatic ring is 1. The third kappa shape index (κ3) is 2.85. The SMILES string of the molecule is CCCSc1nc(N)nc2c1[nH]c(=O)n2Cc1ccccc1. The zero-order valence-electron chi connectivity index (χ0n) is 12.2. The summed E-state index contributed by atoms with van der Waals surface area (Å²) in [5, 5.41) is 0.730. The van der Waals surface area contributed by atoms with E-state index in [2.05, 4.69) is 21.9 Å². The fourth-order valence-corrected chi connectivity index (χ4v) is 3.08. The number of anilines is 1. The number of nitrogens with zero attached hydrogens (tertiary/aromatic N) is 3. The summed E-state index contributed by atoms with van der Waals surface area (Å²) < 4.78 is 1.60. The second-order valence-electron chi connectivity index (χ2n) is 4.94. The number of hydrogen-bond acceptors (Lipinski definition) is 5. The third-order valence-electron chi connectivity index (χ3n) is 3.23. The van der Waals surface area contributed by atoms with Gasteiger partial charge in [0, 0.05) is 0 Å². The lowest BCUT2D eigenvalue weighted by Gasteiger charge is -2.05. The summed E-state index contributed by atoms with van der Waals surface area (Å²) in [5.41, 5.74) is 7.86. The molecule has 3 aromatic rings. The van der Waals surface area contributed by atoms with Crippen molar-refractivity contribution in [1.82, 2.24) is 19.5 Å². The van der Waals surface area contributed by atoms with Gasteiger partial charge in [0.15, 0.2) is 5.65 Å². The highest BCUT2D eigenvalue weighted by Crippen LogP contribution is 2.24. The number of fused-ring (bicyclic) bond motifs is 1. The van der Waals surface area contributed by atoms with Gasteiger partial charge in [-0.25, -0.2) is 9.78 Å². The summed E-state index contributed by atoms with van der Waals surface area (Å²) in [7, 11) is 0. The lowest BCUT2D eigenvalue weighted by molar-refractivity contribution is 0.778. The maximum Gasteiger partial charge on any atom is 0.328 e. The zero-order valence-corrected chi connectivity index (χ0v) is 13.1. The Morgan fingerprint density at radius 1 is 1.27 bits per heavy atom. The van der Waals surface area contributed by atoms with Crippen molar-refractivity contribution in [2.24, 2.45) is 0 Å². The maximum atomic E-state index is 12.3. The van der Waals surface area contributed by atoms with Crippen LogP contribution in [0.1, 0.15) is 18.9 Å². The summed E-state index contributed by atoms with van der Waals surface area (Å²) in [6, 6.07) is 9.79. The molecule has 0 fully saturated rings. The molecule has 3 rings (SSSR count). The lowest BCUT2D eigenvalue weighted by atomic mass is 10.2. The number of hydrogen-bond donors (Lipinski definition) is 2. The molecule has 3 N–H and O–H groups in total. The van der Waals surface area contributed by atoms with Crippen LogP contribution in [0.25, 0.3) is 11.2 Å². The topological polar surface area (TPSA) is 89.6 Å². The second kappa shape index (κ2) is 6.23. The molecular weight excluding hydrogens is 298 g/mol. The molecule has 0 saturated carbocycles. The predicted molar refractivity (Wildman–Crippen MR) is 89.1 cm³/mol. The van der Waals surface area contributed by atoms with E-state index in [9.17, 15) is 4.79 Å². The molecule has 7 heteroatoms. The van der Waals surface area contributed by atoms with Gasteiger partial charge in [-0.3, -0.25) is 4.57 Å². The number of thioether (sulfide) groups is 1. The van der Waals surface area contributed by atoms with Crippen molar-refractivity contribution in [2.45, 2.75) is 24.9 Å². The van der Waals surface area contributed by atoms with Crippen LogP contribution in [0.5, 0.6) is 0 Å². The van der Waals surface area contributed by atoms with E-state index in [1.165, 1.54) is 0 Å². The minimum atomic E-state index is -0.197. The van der Waals surface area contributed by atoms with Crippen molar-refractivity contribution in [3.05, 3.63) is 46.4 Å². The molecule has 1 aromatic carbocycles. The molecule has 0 saturated heterocycles. The molecule has 0 unspecified atom stereocenters. The number of nitrogens with two attached hydrogens (primary N) is 1. The van der Waals surface area contributed by atoms with Gasteiger partial charge in [0.2, 0.25) is 5.95 Å². The Labute approximate surface area is 131 Å². The Morgan fingerprint density at radius 2 is 2.05 bits per heavy atom.